The van der Waals surface area contributed by atoms with E-state index < -0.39 is 0 Å². The highest BCUT2D eigenvalue weighted by Crippen LogP contribution is 2.27. The van der Waals surface area contributed by atoms with Gasteiger partial charge in [0.25, 0.3) is 0 Å². The van der Waals surface area contributed by atoms with Crippen molar-refractivity contribution < 1.29 is 4.39 Å². The van der Waals surface area contributed by atoms with Gasteiger partial charge >= 0.3 is 0 Å². The molecule has 0 amide bonds. The average molecular weight is 181 g/mol. The molecule has 0 fully saturated rings. The number of nitrogens with two attached hydrogens (primary N) is 1. The van der Waals surface area contributed by atoms with Crippen LogP contribution in [0.5, 0.6) is 0 Å². The average Bonchev–Trinajstić information content (AvgIpc) is 2.02. The Kier molecular flexibility index (Phi) is 2.71. The third kappa shape index (κ3) is 2.28. The smallest absolute Gasteiger partial charge is 0.126 e. The molecule has 0 aromatic heterocycles. The van der Waals surface area contributed by atoms with Crippen molar-refractivity contribution in [2.45, 2.75) is 32.2 Å². The summed E-state index contributed by atoms with van der Waals surface area (Å²) in [7, 11) is 0. The van der Waals surface area contributed by atoms with Crippen molar-refractivity contribution in [2.75, 3.05) is 0 Å². The Morgan fingerprint density at radius 3 is 2.31 bits per heavy atom. The van der Waals surface area contributed by atoms with E-state index in [4.69, 9.17) is 5.73 Å². The number of hydrogen-bond donors (Lipinski definition) is 1. The van der Waals surface area contributed by atoms with Crippen LogP contribution in [-0.2, 0) is 0 Å². The van der Waals surface area contributed by atoms with Gasteiger partial charge < -0.3 is 5.73 Å². The molecule has 13 heavy (non-hydrogen) atoms. The van der Waals surface area contributed by atoms with Crippen LogP contribution in [0.1, 0.15) is 32.3 Å². The fraction of sp³-hybridized carbons (Fsp3) is 0.455. The first-order chi connectivity index (χ1) is 5.93. The molecule has 0 saturated carbocycles. The number of hydrogen-bond acceptors (Lipinski definition) is 1. The van der Waals surface area contributed by atoms with Crippen LogP contribution in [0.25, 0.3) is 0 Å². The van der Waals surface area contributed by atoms with Crippen molar-refractivity contribution in [2.24, 2.45) is 5.73 Å². The summed E-state index contributed by atoms with van der Waals surface area (Å²) >= 11 is 0. The third-order valence-electron chi connectivity index (χ3n) is 2.49. The molecule has 0 aliphatic carbocycles. The van der Waals surface area contributed by atoms with Crippen molar-refractivity contribution in [3.63, 3.8) is 0 Å². The van der Waals surface area contributed by atoms with Gasteiger partial charge in [-0.3, -0.25) is 0 Å². The highest BCUT2D eigenvalue weighted by atomic mass is 19.1. The fourth-order valence-corrected chi connectivity index (χ4v) is 1.23. The molecular formula is C11H16FN. The molecule has 0 bridgehead atoms. The molecule has 0 heterocycles. The SMILES string of the molecule is CC(c1ccccc1F)C(C)(C)N. The lowest BCUT2D eigenvalue weighted by molar-refractivity contribution is 0.421. The predicted molar refractivity (Wildman–Crippen MR) is 53.1 cm³/mol. The van der Waals surface area contributed by atoms with Crippen LogP contribution in [0, 0.1) is 5.82 Å². The van der Waals surface area contributed by atoms with Crippen molar-refractivity contribution in [1.82, 2.24) is 0 Å². The molecule has 72 valence electrons. The van der Waals surface area contributed by atoms with Crippen molar-refractivity contribution in [3.8, 4) is 0 Å². The van der Waals surface area contributed by atoms with E-state index in [1.807, 2.05) is 26.8 Å². The summed E-state index contributed by atoms with van der Waals surface area (Å²) in [6.07, 6.45) is 0. The summed E-state index contributed by atoms with van der Waals surface area (Å²) in [4.78, 5) is 0. The summed E-state index contributed by atoms with van der Waals surface area (Å²) in [5.41, 5.74) is 6.22. The molecule has 2 N–H and O–H groups in total. The summed E-state index contributed by atoms with van der Waals surface area (Å²) in [6, 6.07) is 6.78. The monoisotopic (exact) mass is 181 g/mol. The van der Waals surface area contributed by atoms with Gasteiger partial charge in [-0.2, -0.15) is 0 Å². The van der Waals surface area contributed by atoms with Crippen LogP contribution in [0.3, 0.4) is 0 Å². The zero-order valence-corrected chi connectivity index (χ0v) is 8.34. The van der Waals surface area contributed by atoms with Crippen LogP contribution in [0.4, 0.5) is 4.39 Å². The molecule has 0 saturated heterocycles. The lowest BCUT2D eigenvalue weighted by atomic mass is 9.84. The van der Waals surface area contributed by atoms with Crippen molar-refractivity contribution >= 4 is 0 Å². The second-order valence-electron chi connectivity index (χ2n) is 4.06. The minimum Gasteiger partial charge on any atom is -0.325 e. The van der Waals surface area contributed by atoms with E-state index in [0.717, 1.165) is 0 Å². The Labute approximate surface area is 78.8 Å². The molecule has 2 heteroatoms. The van der Waals surface area contributed by atoms with Crippen molar-refractivity contribution in [1.29, 1.82) is 0 Å². The van der Waals surface area contributed by atoms with Gasteiger partial charge in [0.05, 0.1) is 0 Å². The molecule has 1 aromatic carbocycles. The normalized spacial score (nSPS) is 14.2. The largest absolute Gasteiger partial charge is 0.325 e. The van der Waals surface area contributed by atoms with Crippen LogP contribution < -0.4 is 5.73 Å². The predicted octanol–water partition coefficient (Wildman–Crippen LogP) is 2.67. The molecule has 0 aliphatic heterocycles. The van der Waals surface area contributed by atoms with Gasteiger partial charge in [0.15, 0.2) is 0 Å². The van der Waals surface area contributed by atoms with E-state index in [2.05, 4.69) is 0 Å². The first kappa shape index (κ1) is 10.2. The molecule has 1 unspecified atom stereocenters. The standard InChI is InChI=1S/C11H16FN/c1-8(11(2,3)13)9-6-4-5-7-10(9)12/h4-8H,13H2,1-3H3. The molecule has 0 spiro atoms. The van der Waals surface area contributed by atoms with Gasteiger partial charge in [-0.05, 0) is 25.5 Å². The summed E-state index contributed by atoms with van der Waals surface area (Å²) in [5.74, 6) is -0.151. The summed E-state index contributed by atoms with van der Waals surface area (Å²) in [6.45, 7) is 5.76. The summed E-state index contributed by atoms with van der Waals surface area (Å²) < 4.78 is 13.3. The highest BCUT2D eigenvalue weighted by molar-refractivity contribution is 5.23. The number of halogens is 1. The van der Waals surface area contributed by atoms with Crippen molar-refractivity contribution in [3.05, 3.63) is 35.6 Å². The van der Waals surface area contributed by atoms with Crippen LogP contribution >= 0.6 is 0 Å². The molecule has 0 aliphatic rings. The van der Waals surface area contributed by atoms with Gasteiger partial charge in [0.1, 0.15) is 5.82 Å². The van der Waals surface area contributed by atoms with E-state index in [-0.39, 0.29) is 17.3 Å². The topological polar surface area (TPSA) is 26.0 Å². The lowest BCUT2D eigenvalue weighted by Gasteiger charge is -2.27. The van der Waals surface area contributed by atoms with Crippen LogP contribution in [0.15, 0.2) is 24.3 Å². The first-order valence-electron chi connectivity index (χ1n) is 4.46. The van der Waals surface area contributed by atoms with E-state index in [9.17, 15) is 4.39 Å². The maximum atomic E-state index is 13.3. The third-order valence-corrected chi connectivity index (χ3v) is 2.49. The minimum atomic E-state index is -0.387. The molecule has 1 nitrogen and oxygen atoms in total. The Hall–Kier alpha value is -0.890. The van der Waals surface area contributed by atoms with Gasteiger partial charge in [-0.25, -0.2) is 4.39 Å². The van der Waals surface area contributed by atoms with E-state index in [0.29, 0.717) is 5.56 Å². The van der Waals surface area contributed by atoms with E-state index in [1.165, 1.54) is 6.07 Å². The molecule has 1 rings (SSSR count). The Morgan fingerprint density at radius 2 is 1.85 bits per heavy atom. The maximum absolute atomic E-state index is 13.3. The molecule has 0 radical (unpaired) electrons. The van der Waals surface area contributed by atoms with Crippen LogP contribution in [0.2, 0.25) is 0 Å². The van der Waals surface area contributed by atoms with Crippen LogP contribution in [-0.4, -0.2) is 5.54 Å². The Bertz CT molecular complexity index is 288. The minimum absolute atomic E-state index is 0.0219. The molecular weight excluding hydrogens is 165 g/mol. The first-order valence-corrected chi connectivity index (χ1v) is 4.46. The highest BCUT2D eigenvalue weighted by Gasteiger charge is 2.24. The van der Waals surface area contributed by atoms with E-state index >= 15 is 0 Å². The van der Waals surface area contributed by atoms with Gasteiger partial charge in [-0.15, -0.1) is 0 Å². The Morgan fingerprint density at radius 1 is 1.31 bits per heavy atom. The number of rotatable bonds is 2. The zero-order chi connectivity index (χ0) is 10.1. The van der Waals surface area contributed by atoms with Gasteiger partial charge in [-0.1, -0.05) is 25.1 Å². The van der Waals surface area contributed by atoms with Gasteiger partial charge in [0, 0.05) is 11.5 Å². The zero-order valence-electron chi connectivity index (χ0n) is 8.34. The second-order valence-corrected chi connectivity index (χ2v) is 4.06. The quantitative estimate of drug-likeness (QED) is 0.745. The Balaban J connectivity index is 3.02. The molecule has 1 atom stereocenters. The second kappa shape index (κ2) is 3.46. The molecule has 1 aromatic rings. The maximum Gasteiger partial charge on any atom is 0.126 e. The number of benzene rings is 1. The summed E-state index contributed by atoms with van der Waals surface area (Å²) in [5, 5.41) is 0. The van der Waals surface area contributed by atoms with E-state index in [1.54, 1.807) is 12.1 Å². The lowest BCUT2D eigenvalue weighted by Crippen LogP contribution is -2.38. The van der Waals surface area contributed by atoms with Gasteiger partial charge in [0.2, 0.25) is 0 Å². The fourth-order valence-electron chi connectivity index (χ4n) is 1.23.